The van der Waals surface area contributed by atoms with E-state index in [1.54, 1.807) is 42.5 Å². The fourth-order valence-electron chi connectivity index (χ4n) is 2.28. The van der Waals surface area contributed by atoms with Crippen molar-refractivity contribution in [1.29, 1.82) is 0 Å². The number of hydrogen-bond donors (Lipinski definition) is 1. The summed E-state index contributed by atoms with van der Waals surface area (Å²) in [6.45, 7) is 2.67. The normalized spacial score (nSPS) is 10.5. The lowest BCUT2D eigenvalue weighted by Crippen LogP contribution is -2.12. The Bertz CT molecular complexity index is 913. The van der Waals surface area contributed by atoms with Gasteiger partial charge in [0.2, 0.25) is 0 Å². The molecule has 3 rings (SSSR count). The van der Waals surface area contributed by atoms with Gasteiger partial charge in [0.15, 0.2) is 17.3 Å². The molecule has 24 heavy (non-hydrogen) atoms. The molecule has 1 N–H and O–H groups in total. The van der Waals surface area contributed by atoms with E-state index in [4.69, 9.17) is 9.15 Å². The van der Waals surface area contributed by atoms with Crippen LogP contribution in [0.2, 0.25) is 0 Å². The SMILES string of the molecule is CCCOc1ccc(C(=O)Nc2cccc3c(=O)c[c]oc23)cc1. The number of anilines is 1. The lowest BCUT2D eigenvalue weighted by molar-refractivity contribution is 0.102. The lowest BCUT2D eigenvalue weighted by Gasteiger charge is -2.08. The molecule has 0 aliphatic rings. The summed E-state index contributed by atoms with van der Waals surface area (Å²) in [5.74, 6) is 0.426. The van der Waals surface area contributed by atoms with Crippen LogP contribution >= 0.6 is 0 Å². The number of fused-ring (bicyclic) bond motifs is 1. The van der Waals surface area contributed by atoms with Crippen molar-refractivity contribution in [1.82, 2.24) is 0 Å². The molecule has 1 heterocycles. The van der Waals surface area contributed by atoms with Gasteiger partial charge in [-0.15, -0.1) is 0 Å². The molecule has 0 atom stereocenters. The predicted octanol–water partition coefficient (Wildman–Crippen LogP) is 3.63. The molecule has 0 unspecified atom stereocenters. The summed E-state index contributed by atoms with van der Waals surface area (Å²) in [7, 11) is 0. The minimum Gasteiger partial charge on any atom is -0.494 e. The first-order valence-electron chi connectivity index (χ1n) is 7.66. The number of rotatable bonds is 5. The first-order chi connectivity index (χ1) is 11.7. The zero-order valence-electron chi connectivity index (χ0n) is 13.2. The molecule has 0 saturated carbocycles. The molecule has 3 aromatic rings. The summed E-state index contributed by atoms with van der Waals surface area (Å²) in [5.41, 5.74) is 1.02. The minimum absolute atomic E-state index is 0.204. The molecule has 1 radical (unpaired) electrons. The van der Waals surface area contributed by atoms with Crippen molar-refractivity contribution < 1.29 is 13.9 Å². The summed E-state index contributed by atoms with van der Waals surface area (Å²) >= 11 is 0. The van der Waals surface area contributed by atoms with Crippen LogP contribution in [0.5, 0.6) is 5.75 Å². The molecule has 121 valence electrons. The van der Waals surface area contributed by atoms with E-state index in [0.29, 0.717) is 28.8 Å². The predicted molar refractivity (Wildman–Crippen MR) is 91.5 cm³/mol. The van der Waals surface area contributed by atoms with Crippen LogP contribution in [0.4, 0.5) is 5.69 Å². The number of hydrogen-bond acceptors (Lipinski definition) is 4. The van der Waals surface area contributed by atoms with E-state index in [1.807, 2.05) is 6.92 Å². The first-order valence-corrected chi connectivity index (χ1v) is 7.66. The maximum absolute atomic E-state index is 12.4. The Labute approximate surface area is 138 Å². The summed E-state index contributed by atoms with van der Waals surface area (Å²) in [4.78, 5) is 24.2. The highest BCUT2D eigenvalue weighted by atomic mass is 16.5. The highest BCUT2D eigenvalue weighted by Gasteiger charge is 2.11. The van der Waals surface area contributed by atoms with E-state index in [2.05, 4.69) is 11.6 Å². The Morgan fingerprint density at radius 3 is 2.75 bits per heavy atom. The third-order valence-corrected chi connectivity index (χ3v) is 3.47. The van der Waals surface area contributed by atoms with Gasteiger partial charge in [0, 0.05) is 11.6 Å². The molecule has 5 heteroatoms. The van der Waals surface area contributed by atoms with Gasteiger partial charge < -0.3 is 14.5 Å². The largest absolute Gasteiger partial charge is 0.494 e. The van der Waals surface area contributed by atoms with E-state index < -0.39 is 0 Å². The Balaban J connectivity index is 1.82. The molecule has 2 aromatic carbocycles. The van der Waals surface area contributed by atoms with E-state index in [1.165, 1.54) is 6.07 Å². The number of ether oxygens (including phenoxy) is 1. The molecule has 0 aliphatic carbocycles. The number of amides is 1. The second-order valence-corrected chi connectivity index (χ2v) is 5.24. The maximum atomic E-state index is 12.4. The second kappa shape index (κ2) is 7.00. The van der Waals surface area contributed by atoms with Crippen molar-refractivity contribution in [2.75, 3.05) is 11.9 Å². The number of carbonyl (C=O) groups excluding carboxylic acids is 1. The number of para-hydroxylation sites is 1. The third kappa shape index (κ3) is 3.30. The van der Waals surface area contributed by atoms with Gasteiger partial charge in [-0.2, -0.15) is 0 Å². The van der Waals surface area contributed by atoms with Crippen LogP contribution in [-0.2, 0) is 0 Å². The van der Waals surface area contributed by atoms with Crippen LogP contribution in [0.3, 0.4) is 0 Å². The second-order valence-electron chi connectivity index (χ2n) is 5.24. The van der Waals surface area contributed by atoms with Crippen LogP contribution < -0.4 is 15.5 Å². The zero-order valence-corrected chi connectivity index (χ0v) is 13.2. The molecule has 0 fully saturated rings. The quantitative estimate of drug-likeness (QED) is 0.779. The Kier molecular flexibility index (Phi) is 4.61. The molecule has 5 nitrogen and oxygen atoms in total. The molecule has 0 spiro atoms. The van der Waals surface area contributed by atoms with Gasteiger partial charge in [-0.3, -0.25) is 9.59 Å². The first kappa shape index (κ1) is 15.8. The zero-order chi connectivity index (χ0) is 16.9. The van der Waals surface area contributed by atoms with E-state index >= 15 is 0 Å². The van der Waals surface area contributed by atoms with Crippen LogP contribution in [0.1, 0.15) is 23.7 Å². The van der Waals surface area contributed by atoms with Gasteiger partial charge in [0.1, 0.15) is 5.75 Å². The van der Waals surface area contributed by atoms with E-state index in [9.17, 15) is 9.59 Å². The van der Waals surface area contributed by atoms with Crippen LogP contribution in [0.25, 0.3) is 11.0 Å². The number of benzene rings is 2. The Hall–Kier alpha value is -3.08. The van der Waals surface area contributed by atoms with Crippen LogP contribution in [0.15, 0.2) is 57.7 Å². The highest BCUT2D eigenvalue weighted by Crippen LogP contribution is 2.21. The van der Waals surface area contributed by atoms with Gasteiger partial charge in [0.05, 0.1) is 17.7 Å². The van der Waals surface area contributed by atoms with Crippen molar-refractivity contribution in [3.8, 4) is 5.75 Å². The van der Waals surface area contributed by atoms with Gasteiger partial charge in [-0.25, -0.2) is 0 Å². The fraction of sp³-hybridized carbons (Fsp3) is 0.158. The van der Waals surface area contributed by atoms with Crippen molar-refractivity contribution in [3.63, 3.8) is 0 Å². The van der Waals surface area contributed by atoms with E-state index in [-0.39, 0.29) is 11.3 Å². The molecule has 0 bridgehead atoms. The number of nitrogens with one attached hydrogen (secondary N) is 1. The summed E-state index contributed by atoms with van der Waals surface area (Å²) in [6, 6.07) is 13.1. The van der Waals surface area contributed by atoms with Crippen molar-refractivity contribution in [2.45, 2.75) is 13.3 Å². The van der Waals surface area contributed by atoms with Crippen LogP contribution in [0, 0.1) is 6.26 Å². The molecular formula is C19H16NO4. The number of carbonyl (C=O) groups is 1. The molecule has 1 amide bonds. The monoisotopic (exact) mass is 322 g/mol. The molecule has 0 saturated heterocycles. The average Bonchev–Trinajstić information content (AvgIpc) is 2.61. The standard InChI is InChI=1S/C19H16NO4/c1-2-11-23-14-8-6-13(7-9-14)19(22)20-16-5-3-4-15-17(21)10-12-24-18(15)16/h3-10H,2,11H2,1H3,(H,20,22). The maximum Gasteiger partial charge on any atom is 0.255 e. The minimum atomic E-state index is -0.295. The van der Waals surface area contributed by atoms with Gasteiger partial charge in [0.25, 0.3) is 5.91 Å². The molecule has 1 aromatic heterocycles. The van der Waals surface area contributed by atoms with Gasteiger partial charge >= 0.3 is 0 Å². The highest BCUT2D eigenvalue weighted by molar-refractivity contribution is 6.07. The average molecular weight is 322 g/mol. The van der Waals surface area contributed by atoms with Crippen molar-refractivity contribution in [3.05, 3.63) is 70.6 Å². The Morgan fingerprint density at radius 2 is 2.00 bits per heavy atom. The van der Waals surface area contributed by atoms with Gasteiger partial charge in [-0.1, -0.05) is 13.0 Å². The van der Waals surface area contributed by atoms with Crippen molar-refractivity contribution in [2.24, 2.45) is 0 Å². The van der Waals surface area contributed by atoms with Crippen LogP contribution in [-0.4, -0.2) is 12.5 Å². The Morgan fingerprint density at radius 1 is 1.21 bits per heavy atom. The summed E-state index contributed by atoms with van der Waals surface area (Å²) < 4.78 is 10.8. The topological polar surface area (TPSA) is 68.5 Å². The molecule has 0 aliphatic heterocycles. The molecular weight excluding hydrogens is 306 g/mol. The van der Waals surface area contributed by atoms with E-state index in [0.717, 1.165) is 12.2 Å². The smallest absolute Gasteiger partial charge is 0.255 e. The fourth-order valence-corrected chi connectivity index (χ4v) is 2.28. The van der Waals surface area contributed by atoms with Crippen molar-refractivity contribution >= 4 is 22.6 Å². The van der Waals surface area contributed by atoms with Gasteiger partial charge in [-0.05, 0) is 42.8 Å². The summed E-state index contributed by atoms with van der Waals surface area (Å²) in [5, 5.41) is 3.16. The third-order valence-electron chi connectivity index (χ3n) is 3.47. The summed E-state index contributed by atoms with van der Waals surface area (Å²) in [6.07, 6.45) is 3.35. The lowest BCUT2D eigenvalue weighted by atomic mass is 10.1.